The minimum Gasteiger partial charge on any atom is -0.492 e. The fourth-order valence-corrected chi connectivity index (χ4v) is 4.24. The van der Waals surface area contributed by atoms with E-state index in [-0.39, 0.29) is 10.5 Å². The summed E-state index contributed by atoms with van der Waals surface area (Å²) in [6, 6.07) is 11.4. The molecule has 3 rings (SSSR count). The van der Waals surface area contributed by atoms with Crippen LogP contribution in [0.3, 0.4) is 0 Å². The Bertz CT molecular complexity index is 1340. The van der Waals surface area contributed by atoms with Gasteiger partial charge in [0.2, 0.25) is 10.0 Å². The molecule has 0 bridgehead atoms. The van der Waals surface area contributed by atoms with Crippen molar-refractivity contribution in [3.8, 4) is 5.75 Å². The van der Waals surface area contributed by atoms with Crippen molar-refractivity contribution in [3.05, 3.63) is 76.7 Å². The first-order chi connectivity index (χ1) is 16.2. The molecule has 0 aliphatic carbocycles. The number of hydrogen-bond acceptors (Lipinski definition) is 7. The van der Waals surface area contributed by atoms with E-state index in [4.69, 9.17) is 10.5 Å². The van der Waals surface area contributed by atoms with Gasteiger partial charge in [0.1, 0.15) is 11.8 Å². The van der Waals surface area contributed by atoms with Crippen molar-refractivity contribution in [2.45, 2.75) is 17.4 Å². The molecule has 0 saturated carbocycles. The molecular weight excluding hydrogens is 464 g/mol. The van der Waals surface area contributed by atoms with Crippen LogP contribution in [0.4, 0.5) is 0 Å². The molecule has 0 saturated heterocycles. The highest BCUT2D eigenvalue weighted by molar-refractivity contribution is 7.89. The van der Waals surface area contributed by atoms with Crippen LogP contribution < -0.4 is 26.1 Å². The number of nitrogens with one attached hydrogen (secondary N) is 2. The normalized spacial score (nSPS) is 12.3. The number of sulfonamides is 1. The lowest BCUT2D eigenvalue weighted by atomic mass is 10.2. The van der Waals surface area contributed by atoms with E-state index in [1.165, 1.54) is 40.9 Å². The zero-order valence-corrected chi connectivity index (χ0v) is 18.8. The lowest BCUT2D eigenvalue weighted by molar-refractivity contribution is -0.138. The summed E-state index contributed by atoms with van der Waals surface area (Å²) < 4.78 is 33.7. The lowest BCUT2D eigenvalue weighted by Crippen LogP contribution is -2.48. The minimum atomic E-state index is -4.12. The van der Waals surface area contributed by atoms with Crippen molar-refractivity contribution in [2.24, 2.45) is 5.73 Å². The van der Waals surface area contributed by atoms with Crippen LogP contribution >= 0.6 is 0 Å². The third-order valence-electron chi connectivity index (χ3n) is 4.77. The molecule has 1 atom stereocenters. The number of ether oxygens (including phenoxy) is 1. The Balaban J connectivity index is 1.72. The minimum absolute atomic E-state index is 0.00291. The molecule has 12 heteroatoms. The van der Waals surface area contributed by atoms with Gasteiger partial charge in [0.25, 0.3) is 11.5 Å². The summed E-state index contributed by atoms with van der Waals surface area (Å²) in [4.78, 5) is 36.5. The number of carboxylic acid groups (broad SMARTS) is 1. The van der Waals surface area contributed by atoms with Gasteiger partial charge in [-0.1, -0.05) is 18.2 Å². The van der Waals surface area contributed by atoms with Crippen molar-refractivity contribution in [1.82, 2.24) is 14.4 Å². The zero-order chi connectivity index (χ0) is 24.7. The number of rotatable bonds is 11. The van der Waals surface area contributed by atoms with Gasteiger partial charge >= 0.3 is 5.97 Å². The van der Waals surface area contributed by atoms with Crippen molar-refractivity contribution >= 4 is 27.4 Å². The molecule has 1 amide bonds. The number of nitrogens with two attached hydrogens (primary N) is 1. The molecule has 0 aliphatic rings. The summed E-state index contributed by atoms with van der Waals surface area (Å²) in [6.45, 7) is 0.339. The van der Waals surface area contributed by atoms with Gasteiger partial charge < -0.3 is 20.9 Å². The maximum atomic E-state index is 12.6. The van der Waals surface area contributed by atoms with E-state index in [0.717, 1.165) is 6.07 Å². The van der Waals surface area contributed by atoms with Crippen LogP contribution in [0.1, 0.15) is 16.8 Å². The molecule has 11 nitrogen and oxygen atoms in total. The van der Waals surface area contributed by atoms with E-state index >= 15 is 0 Å². The number of amides is 1. The van der Waals surface area contributed by atoms with E-state index < -0.39 is 40.0 Å². The number of aliphatic carboxylic acids is 1. The maximum Gasteiger partial charge on any atom is 0.323 e. The van der Waals surface area contributed by atoms with Gasteiger partial charge in [0.05, 0.1) is 17.7 Å². The number of hydrogen-bond donors (Lipinski definition) is 4. The second-order valence-electron chi connectivity index (χ2n) is 7.27. The highest BCUT2D eigenvalue weighted by Crippen LogP contribution is 2.13. The molecule has 0 radical (unpaired) electrons. The van der Waals surface area contributed by atoms with Gasteiger partial charge in [-0.15, -0.1) is 0 Å². The van der Waals surface area contributed by atoms with Crippen LogP contribution in [0.25, 0.3) is 5.52 Å². The first kappa shape index (κ1) is 24.9. The Morgan fingerprint density at radius 1 is 1.12 bits per heavy atom. The summed E-state index contributed by atoms with van der Waals surface area (Å²) in [5.41, 5.74) is 5.35. The Kier molecular flexibility index (Phi) is 7.99. The Hall–Kier alpha value is -3.74. The SMILES string of the molecule is NCCCOc1ccc2cc(C(=O)NC[C@H](NS(=O)(=O)c3ccccc3)C(=O)O)cc(=O)n2c1. The Morgan fingerprint density at radius 3 is 2.53 bits per heavy atom. The van der Waals surface area contributed by atoms with Crippen LogP contribution in [0.2, 0.25) is 0 Å². The topological polar surface area (TPSA) is 169 Å². The van der Waals surface area contributed by atoms with E-state index in [1.54, 1.807) is 18.2 Å². The fourth-order valence-electron chi connectivity index (χ4n) is 3.03. The van der Waals surface area contributed by atoms with E-state index in [0.29, 0.717) is 30.8 Å². The standard InChI is InChI=1S/C22H24N4O7S/c23-9-4-10-33-17-8-7-16-11-15(12-20(27)26(16)14-17)21(28)24-13-19(22(29)30)25-34(31,32)18-5-2-1-3-6-18/h1-3,5-8,11-12,14,19,25H,4,9-10,13,23H2,(H,24,28)(H,29,30)/t19-/m0/s1. The lowest BCUT2D eigenvalue weighted by Gasteiger charge is -2.16. The third-order valence-corrected chi connectivity index (χ3v) is 6.26. The highest BCUT2D eigenvalue weighted by Gasteiger charge is 2.26. The third kappa shape index (κ3) is 6.19. The first-order valence-electron chi connectivity index (χ1n) is 10.3. The molecular formula is C22H24N4O7S. The van der Waals surface area contributed by atoms with E-state index in [2.05, 4.69) is 10.0 Å². The number of fused-ring (bicyclic) bond motifs is 1. The summed E-state index contributed by atoms with van der Waals surface area (Å²) in [6.07, 6.45) is 2.15. The predicted octanol–water partition coefficient (Wildman–Crippen LogP) is 0.189. The van der Waals surface area contributed by atoms with Gasteiger partial charge in [-0.05, 0) is 43.3 Å². The fraction of sp³-hybridized carbons (Fsp3) is 0.227. The summed E-state index contributed by atoms with van der Waals surface area (Å²) in [7, 11) is -4.12. The average molecular weight is 489 g/mol. The van der Waals surface area contributed by atoms with Crippen LogP contribution in [0.5, 0.6) is 5.75 Å². The summed E-state index contributed by atoms with van der Waals surface area (Å²) >= 11 is 0. The quantitative estimate of drug-likeness (QED) is 0.277. The van der Waals surface area contributed by atoms with Crippen molar-refractivity contribution in [2.75, 3.05) is 19.7 Å². The molecule has 34 heavy (non-hydrogen) atoms. The monoisotopic (exact) mass is 488 g/mol. The van der Waals surface area contributed by atoms with Crippen LogP contribution in [-0.2, 0) is 14.8 Å². The predicted molar refractivity (Wildman–Crippen MR) is 123 cm³/mol. The molecule has 1 aromatic carbocycles. The maximum absolute atomic E-state index is 12.6. The Labute approximate surface area is 195 Å². The number of carbonyl (C=O) groups is 2. The second-order valence-corrected chi connectivity index (χ2v) is 8.98. The number of benzene rings is 1. The number of aromatic nitrogens is 1. The first-order valence-corrected chi connectivity index (χ1v) is 11.8. The number of nitrogens with zero attached hydrogens (tertiary/aromatic N) is 1. The number of carboxylic acids is 1. The van der Waals surface area contributed by atoms with Gasteiger partial charge in [-0.25, -0.2) is 8.42 Å². The summed E-state index contributed by atoms with van der Waals surface area (Å²) in [5, 5.41) is 11.8. The van der Waals surface area contributed by atoms with Gasteiger partial charge in [-0.3, -0.25) is 18.8 Å². The molecule has 3 aromatic rings. The summed E-state index contributed by atoms with van der Waals surface area (Å²) in [5.74, 6) is -1.73. The van der Waals surface area contributed by atoms with E-state index in [9.17, 15) is 27.9 Å². The van der Waals surface area contributed by atoms with Crippen LogP contribution in [0, 0.1) is 0 Å². The van der Waals surface area contributed by atoms with Crippen LogP contribution in [0.15, 0.2) is 70.5 Å². The van der Waals surface area contributed by atoms with Gasteiger partial charge in [0, 0.05) is 23.7 Å². The molecule has 0 aliphatic heterocycles. The van der Waals surface area contributed by atoms with Gasteiger partial charge in [-0.2, -0.15) is 4.72 Å². The highest BCUT2D eigenvalue weighted by atomic mass is 32.2. The second kappa shape index (κ2) is 10.9. The number of pyridine rings is 2. The molecule has 0 unspecified atom stereocenters. The Morgan fingerprint density at radius 2 is 1.85 bits per heavy atom. The zero-order valence-electron chi connectivity index (χ0n) is 18.0. The molecule has 5 N–H and O–H groups in total. The van der Waals surface area contributed by atoms with Crippen molar-refractivity contribution < 1.29 is 27.9 Å². The number of carbonyl (C=O) groups excluding carboxylic acids is 1. The average Bonchev–Trinajstić information content (AvgIpc) is 2.82. The molecule has 2 aromatic heterocycles. The largest absolute Gasteiger partial charge is 0.492 e. The van der Waals surface area contributed by atoms with Gasteiger partial charge in [0.15, 0.2) is 0 Å². The van der Waals surface area contributed by atoms with Crippen molar-refractivity contribution in [1.29, 1.82) is 0 Å². The van der Waals surface area contributed by atoms with Crippen molar-refractivity contribution in [3.63, 3.8) is 0 Å². The molecule has 2 heterocycles. The molecule has 180 valence electrons. The molecule has 0 spiro atoms. The van der Waals surface area contributed by atoms with Crippen LogP contribution in [-0.4, -0.2) is 55.5 Å². The molecule has 0 fully saturated rings. The smallest absolute Gasteiger partial charge is 0.323 e. The van der Waals surface area contributed by atoms with E-state index in [1.807, 2.05) is 0 Å².